The summed E-state index contributed by atoms with van der Waals surface area (Å²) in [4.78, 5) is 7.93. The average molecular weight is 393 g/mol. The largest absolute Gasteiger partial charge is 0.382 e. The van der Waals surface area contributed by atoms with Crippen LogP contribution in [-0.4, -0.2) is 54.1 Å². The summed E-state index contributed by atoms with van der Waals surface area (Å²) in [6.07, 6.45) is 4.32. The molecule has 6 nitrogen and oxygen atoms in total. The van der Waals surface area contributed by atoms with Crippen LogP contribution in [0.15, 0.2) is 30.5 Å². The zero-order chi connectivity index (χ0) is 17.9. The summed E-state index contributed by atoms with van der Waals surface area (Å²) in [7, 11) is 1.70. The van der Waals surface area contributed by atoms with E-state index >= 15 is 0 Å². The van der Waals surface area contributed by atoms with Gasteiger partial charge in [0, 0.05) is 30.8 Å². The second-order valence-electron chi connectivity index (χ2n) is 6.29. The van der Waals surface area contributed by atoms with E-state index in [-0.39, 0.29) is 0 Å². The Morgan fingerprint density at radius 3 is 2.65 bits per heavy atom. The molecule has 3 aromatic rings. The second kappa shape index (κ2) is 7.92. The Hall–Kier alpha value is -1.67. The van der Waals surface area contributed by atoms with Gasteiger partial charge in [-0.05, 0) is 25.0 Å². The molecule has 4 rings (SSSR count). The first-order valence-electron chi connectivity index (χ1n) is 8.70. The van der Waals surface area contributed by atoms with Gasteiger partial charge in [0.2, 0.25) is 10.1 Å². The van der Waals surface area contributed by atoms with Gasteiger partial charge in [-0.25, -0.2) is 9.50 Å². The summed E-state index contributed by atoms with van der Waals surface area (Å²) >= 11 is 7.58. The molecule has 0 aliphatic carbocycles. The molecule has 0 radical (unpaired) electrons. The molecular weight excluding hydrogens is 372 g/mol. The maximum atomic E-state index is 5.95. The monoisotopic (exact) mass is 392 g/mol. The summed E-state index contributed by atoms with van der Waals surface area (Å²) in [5.74, 6) is 0. The van der Waals surface area contributed by atoms with Gasteiger partial charge in [0.25, 0.3) is 0 Å². The van der Waals surface area contributed by atoms with Crippen LogP contribution >= 0.6 is 22.9 Å². The number of benzene rings is 1. The molecule has 0 amide bonds. The van der Waals surface area contributed by atoms with Gasteiger partial charge in [-0.15, -0.1) is 5.10 Å². The average Bonchev–Trinajstić information content (AvgIpc) is 3.22. The van der Waals surface area contributed by atoms with Crippen molar-refractivity contribution < 1.29 is 9.47 Å². The number of aromatic nitrogens is 3. The van der Waals surface area contributed by atoms with Crippen molar-refractivity contribution in [1.82, 2.24) is 14.6 Å². The van der Waals surface area contributed by atoms with E-state index in [1.807, 2.05) is 35.0 Å². The lowest BCUT2D eigenvalue weighted by atomic mass is 10.1. The predicted molar refractivity (Wildman–Crippen MR) is 104 cm³/mol. The number of rotatable bonds is 6. The first-order chi connectivity index (χ1) is 12.7. The SMILES string of the molecule is COCCOC1CCN(c2nn3cc(-c4ccc(Cl)cc4)nc3s2)CC1. The third-order valence-corrected chi connectivity index (χ3v) is 5.76. The van der Waals surface area contributed by atoms with Gasteiger partial charge in [0.1, 0.15) is 0 Å². The minimum atomic E-state index is 0.321. The minimum absolute atomic E-state index is 0.321. The van der Waals surface area contributed by atoms with Gasteiger partial charge in [-0.1, -0.05) is 35.1 Å². The summed E-state index contributed by atoms with van der Waals surface area (Å²) in [5.41, 5.74) is 1.96. The Balaban J connectivity index is 1.41. The molecule has 26 heavy (non-hydrogen) atoms. The highest BCUT2D eigenvalue weighted by molar-refractivity contribution is 7.20. The van der Waals surface area contributed by atoms with Crippen molar-refractivity contribution in [3.05, 3.63) is 35.5 Å². The molecule has 1 saturated heterocycles. The van der Waals surface area contributed by atoms with Gasteiger partial charge in [-0.3, -0.25) is 0 Å². The van der Waals surface area contributed by atoms with Gasteiger partial charge < -0.3 is 14.4 Å². The molecule has 1 aromatic carbocycles. The van der Waals surface area contributed by atoms with Crippen molar-refractivity contribution in [2.45, 2.75) is 18.9 Å². The van der Waals surface area contributed by atoms with Crippen LogP contribution in [0.1, 0.15) is 12.8 Å². The maximum Gasteiger partial charge on any atom is 0.214 e. The Morgan fingerprint density at radius 2 is 1.96 bits per heavy atom. The third-order valence-electron chi connectivity index (χ3n) is 4.53. The van der Waals surface area contributed by atoms with E-state index in [4.69, 9.17) is 31.2 Å². The summed E-state index contributed by atoms with van der Waals surface area (Å²) in [6, 6.07) is 7.71. The van der Waals surface area contributed by atoms with Crippen LogP contribution in [0.2, 0.25) is 5.02 Å². The molecule has 0 unspecified atom stereocenters. The number of hydrogen-bond donors (Lipinski definition) is 0. The summed E-state index contributed by atoms with van der Waals surface area (Å²) in [6.45, 7) is 3.23. The molecule has 8 heteroatoms. The fourth-order valence-corrected chi connectivity index (χ4v) is 4.15. The van der Waals surface area contributed by atoms with Crippen LogP contribution in [0.5, 0.6) is 0 Å². The van der Waals surface area contributed by atoms with Crippen molar-refractivity contribution in [2.75, 3.05) is 38.3 Å². The predicted octanol–water partition coefficient (Wildman–Crippen LogP) is 3.74. The van der Waals surface area contributed by atoms with Crippen LogP contribution in [-0.2, 0) is 9.47 Å². The molecule has 0 saturated carbocycles. The molecule has 1 aliphatic heterocycles. The number of hydrogen-bond acceptors (Lipinski definition) is 6. The number of ether oxygens (including phenoxy) is 2. The van der Waals surface area contributed by atoms with Crippen molar-refractivity contribution in [3.8, 4) is 11.3 Å². The molecule has 3 heterocycles. The Morgan fingerprint density at radius 1 is 1.19 bits per heavy atom. The highest BCUT2D eigenvalue weighted by Gasteiger charge is 2.22. The highest BCUT2D eigenvalue weighted by Crippen LogP contribution is 2.29. The molecular formula is C18H21ClN4O2S. The lowest BCUT2D eigenvalue weighted by Gasteiger charge is -2.31. The molecule has 2 aromatic heterocycles. The van der Waals surface area contributed by atoms with E-state index in [0.29, 0.717) is 19.3 Å². The molecule has 1 aliphatic rings. The zero-order valence-corrected chi connectivity index (χ0v) is 16.2. The number of fused-ring (bicyclic) bond motifs is 1. The van der Waals surface area contributed by atoms with Crippen LogP contribution in [0.3, 0.4) is 0 Å². The minimum Gasteiger partial charge on any atom is -0.382 e. The van der Waals surface area contributed by atoms with Crippen molar-refractivity contribution >= 4 is 33.0 Å². The van der Waals surface area contributed by atoms with Crippen LogP contribution in [0, 0.1) is 0 Å². The van der Waals surface area contributed by atoms with Crippen molar-refractivity contribution in [3.63, 3.8) is 0 Å². The van der Waals surface area contributed by atoms with Crippen molar-refractivity contribution in [2.24, 2.45) is 0 Å². The van der Waals surface area contributed by atoms with Gasteiger partial charge in [0.05, 0.1) is 31.2 Å². The van der Waals surface area contributed by atoms with E-state index < -0.39 is 0 Å². The van der Waals surface area contributed by atoms with E-state index in [1.165, 1.54) is 0 Å². The second-order valence-corrected chi connectivity index (χ2v) is 7.67. The van der Waals surface area contributed by atoms with Gasteiger partial charge in [0.15, 0.2) is 0 Å². The number of methoxy groups -OCH3 is 1. The summed E-state index contributed by atoms with van der Waals surface area (Å²) in [5, 5.41) is 6.46. The number of piperidine rings is 1. The topological polar surface area (TPSA) is 51.9 Å². The normalized spacial score (nSPS) is 15.8. The Labute approximate surface area is 161 Å². The van der Waals surface area contributed by atoms with Gasteiger partial charge in [-0.2, -0.15) is 0 Å². The lowest BCUT2D eigenvalue weighted by Crippen LogP contribution is -2.37. The fourth-order valence-electron chi connectivity index (χ4n) is 3.09. The van der Waals surface area contributed by atoms with E-state index in [9.17, 15) is 0 Å². The molecule has 0 bridgehead atoms. The van der Waals surface area contributed by atoms with E-state index in [0.717, 1.165) is 52.3 Å². The molecule has 0 spiro atoms. The number of anilines is 1. The van der Waals surface area contributed by atoms with Crippen molar-refractivity contribution in [1.29, 1.82) is 0 Å². The van der Waals surface area contributed by atoms with Crippen LogP contribution < -0.4 is 4.90 Å². The molecule has 0 N–H and O–H groups in total. The Bertz CT molecular complexity index is 824. The van der Waals surface area contributed by atoms with Gasteiger partial charge >= 0.3 is 0 Å². The van der Waals surface area contributed by atoms with E-state index in [2.05, 4.69) is 4.90 Å². The first-order valence-corrected chi connectivity index (χ1v) is 9.90. The molecule has 0 atom stereocenters. The first kappa shape index (κ1) is 17.7. The number of imidazole rings is 1. The standard InChI is InChI=1S/C18H21ClN4O2S/c1-24-10-11-25-15-6-8-22(9-7-15)18-21-23-12-16(20-17(23)26-18)13-2-4-14(19)5-3-13/h2-5,12,15H,6-11H2,1H3. The van der Waals surface area contributed by atoms with Crippen LogP contribution in [0.25, 0.3) is 16.2 Å². The van der Waals surface area contributed by atoms with Crippen LogP contribution in [0.4, 0.5) is 5.13 Å². The number of halogens is 1. The fraction of sp³-hybridized carbons (Fsp3) is 0.444. The Kier molecular flexibility index (Phi) is 5.40. The highest BCUT2D eigenvalue weighted by atomic mass is 35.5. The zero-order valence-electron chi connectivity index (χ0n) is 14.6. The third kappa shape index (κ3) is 3.86. The lowest BCUT2D eigenvalue weighted by molar-refractivity contribution is 0.00609. The smallest absolute Gasteiger partial charge is 0.214 e. The summed E-state index contributed by atoms with van der Waals surface area (Å²) < 4.78 is 12.7. The number of nitrogens with zero attached hydrogens (tertiary/aromatic N) is 4. The van der Waals surface area contributed by atoms with E-state index in [1.54, 1.807) is 18.4 Å². The maximum absolute atomic E-state index is 5.95. The molecule has 138 valence electrons. The quantitative estimate of drug-likeness (QED) is 0.598. The molecule has 1 fully saturated rings.